The Kier molecular flexibility index (Phi) is 4.99. The van der Waals surface area contributed by atoms with Crippen molar-refractivity contribution >= 4 is 11.8 Å². The van der Waals surface area contributed by atoms with Gasteiger partial charge in [-0.25, -0.2) is 0 Å². The van der Waals surface area contributed by atoms with Gasteiger partial charge in [0.2, 0.25) is 0 Å². The first kappa shape index (κ1) is 12.4. The zero-order chi connectivity index (χ0) is 11.3. The number of benzene rings is 1. The number of rotatable bonds is 5. The van der Waals surface area contributed by atoms with E-state index in [2.05, 4.69) is 26.0 Å². The molecule has 0 fully saturated rings. The standard InChI is InChI=1S/C12H19NOS/c1-4-15-12(9(2)13)10-5-7-11(14-3)8-6-10/h5-9,12H,4,13H2,1-3H3. The van der Waals surface area contributed by atoms with E-state index in [0.29, 0.717) is 5.25 Å². The summed E-state index contributed by atoms with van der Waals surface area (Å²) in [6, 6.07) is 8.33. The fourth-order valence-electron chi connectivity index (χ4n) is 1.52. The highest BCUT2D eigenvalue weighted by molar-refractivity contribution is 7.99. The summed E-state index contributed by atoms with van der Waals surface area (Å²) in [5.41, 5.74) is 7.25. The van der Waals surface area contributed by atoms with E-state index < -0.39 is 0 Å². The Morgan fingerprint density at radius 3 is 2.33 bits per heavy atom. The Morgan fingerprint density at radius 1 is 1.33 bits per heavy atom. The van der Waals surface area contributed by atoms with Crippen molar-refractivity contribution in [3.63, 3.8) is 0 Å². The Morgan fingerprint density at radius 2 is 1.93 bits per heavy atom. The fourth-order valence-corrected chi connectivity index (χ4v) is 2.54. The molecule has 0 spiro atoms. The Labute approximate surface area is 96.2 Å². The van der Waals surface area contributed by atoms with Crippen LogP contribution in [0.5, 0.6) is 5.75 Å². The molecule has 84 valence electrons. The largest absolute Gasteiger partial charge is 0.497 e. The Hall–Kier alpha value is -0.670. The average molecular weight is 225 g/mol. The van der Waals surface area contributed by atoms with Crippen molar-refractivity contribution in [1.82, 2.24) is 0 Å². The molecular weight excluding hydrogens is 206 g/mol. The number of hydrogen-bond acceptors (Lipinski definition) is 3. The van der Waals surface area contributed by atoms with Gasteiger partial charge in [-0.2, -0.15) is 11.8 Å². The molecule has 1 rings (SSSR count). The van der Waals surface area contributed by atoms with Crippen LogP contribution in [-0.2, 0) is 0 Å². The Bertz CT molecular complexity index is 284. The fraction of sp³-hybridized carbons (Fsp3) is 0.500. The van der Waals surface area contributed by atoms with Crippen LogP contribution < -0.4 is 10.5 Å². The van der Waals surface area contributed by atoms with Crippen molar-refractivity contribution in [1.29, 1.82) is 0 Å². The van der Waals surface area contributed by atoms with Crippen LogP contribution in [0.1, 0.15) is 24.7 Å². The van der Waals surface area contributed by atoms with E-state index in [4.69, 9.17) is 10.5 Å². The maximum absolute atomic E-state index is 5.97. The van der Waals surface area contributed by atoms with E-state index in [-0.39, 0.29) is 6.04 Å². The van der Waals surface area contributed by atoms with Crippen LogP contribution >= 0.6 is 11.8 Å². The minimum Gasteiger partial charge on any atom is -0.497 e. The monoisotopic (exact) mass is 225 g/mol. The van der Waals surface area contributed by atoms with Crippen molar-refractivity contribution in [2.24, 2.45) is 5.73 Å². The molecule has 0 aliphatic rings. The summed E-state index contributed by atoms with van der Waals surface area (Å²) in [5, 5.41) is 0.376. The summed E-state index contributed by atoms with van der Waals surface area (Å²) >= 11 is 1.89. The number of nitrogens with two attached hydrogens (primary N) is 1. The molecule has 0 radical (unpaired) electrons. The SMILES string of the molecule is CCSC(c1ccc(OC)cc1)C(C)N. The van der Waals surface area contributed by atoms with Crippen LogP contribution in [0.15, 0.2) is 24.3 Å². The minimum atomic E-state index is 0.170. The van der Waals surface area contributed by atoms with Crippen LogP contribution in [0.3, 0.4) is 0 Å². The van der Waals surface area contributed by atoms with Crippen molar-refractivity contribution in [2.45, 2.75) is 25.1 Å². The van der Waals surface area contributed by atoms with Crippen molar-refractivity contribution in [3.05, 3.63) is 29.8 Å². The molecule has 0 bridgehead atoms. The molecule has 1 aromatic rings. The van der Waals surface area contributed by atoms with Gasteiger partial charge in [-0.1, -0.05) is 19.1 Å². The molecular formula is C12H19NOS. The number of ether oxygens (including phenoxy) is 1. The zero-order valence-corrected chi connectivity index (χ0v) is 10.4. The average Bonchev–Trinajstić information content (AvgIpc) is 2.26. The van der Waals surface area contributed by atoms with Crippen LogP contribution in [0, 0.1) is 0 Å². The van der Waals surface area contributed by atoms with Gasteiger partial charge in [0.05, 0.1) is 7.11 Å². The van der Waals surface area contributed by atoms with E-state index >= 15 is 0 Å². The number of methoxy groups -OCH3 is 1. The first-order valence-corrected chi connectivity index (χ1v) is 6.25. The van der Waals surface area contributed by atoms with E-state index in [1.165, 1.54) is 5.56 Å². The lowest BCUT2D eigenvalue weighted by molar-refractivity contribution is 0.414. The van der Waals surface area contributed by atoms with Crippen LogP contribution in [-0.4, -0.2) is 18.9 Å². The normalized spacial score (nSPS) is 14.7. The van der Waals surface area contributed by atoms with Gasteiger partial charge in [0.1, 0.15) is 5.75 Å². The lowest BCUT2D eigenvalue weighted by Gasteiger charge is -2.20. The van der Waals surface area contributed by atoms with E-state index in [0.717, 1.165) is 11.5 Å². The summed E-state index contributed by atoms with van der Waals surface area (Å²) in [6.07, 6.45) is 0. The first-order chi connectivity index (χ1) is 7.19. The third kappa shape index (κ3) is 3.43. The van der Waals surface area contributed by atoms with Gasteiger partial charge in [0.25, 0.3) is 0 Å². The second-order valence-corrected chi connectivity index (χ2v) is 4.93. The molecule has 2 atom stereocenters. The highest BCUT2D eigenvalue weighted by Crippen LogP contribution is 2.31. The van der Waals surface area contributed by atoms with Gasteiger partial charge in [-0.3, -0.25) is 0 Å². The second-order valence-electron chi connectivity index (χ2n) is 3.51. The first-order valence-electron chi connectivity index (χ1n) is 5.20. The highest BCUT2D eigenvalue weighted by atomic mass is 32.2. The third-order valence-corrected chi connectivity index (χ3v) is 3.66. The molecule has 0 aromatic heterocycles. The summed E-state index contributed by atoms with van der Waals surface area (Å²) < 4.78 is 5.13. The summed E-state index contributed by atoms with van der Waals surface area (Å²) in [5.74, 6) is 1.97. The predicted octanol–water partition coefficient (Wildman–Crippen LogP) is 2.84. The smallest absolute Gasteiger partial charge is 0.118 e. The molecule has 2 nitrogen and oxygen atoms in total. The van der Waals surface area contributed by atoms with E-state index in [9.17, 15) is 0 Å². The number of thioether (sulfide) groups is 1. The molecule has 0 saturated heterocycles. The van der Waals surface area contributed by atoms with Crippen LogP contribution in [0.25, 0.3) is 0 Å². The molecule has 1 aromatic carbocycles. The molecule has 15 heavy (non-hydrogen) atoms. The minimum absolute atomic E-state index is 0.170. The molecule has 0 aliphatic carbocycles. The van der Waals surface area contributed by atoms with E-state index in [1.807, 2.05) is 23.9 Å². The van der Waals surface area contributed by atoms with Gasteiger partial charge in [0, 0.05) is 11.3 Å². The van der Waals surface area contributed by atoms with Gasteiger partial charge in [0.15, 0.2) is 0 Å². The van der Waals surface area contributed by atoms with Crippen LogP contribution in [0.4, 0.5) is 0 Å². The molecule has 2 unspecified atom stereocenters. The lowest BCUT2D eigenvalue weighted by atomic mass is 10.1. The van der Waals surface area contributed by atoms with Gasteiger partial charge < -0.3 is 10.5 Å². The van der Waals surface area contributed by atoms with Crippen molar-refractivity contribution in [2.75, 3.05) is 12.9 Å². The summed E-state index contributed by atoms with van der Waals surface area (Å²) in [4.78, 5) is 0. The third-order valence-electron chi connectivity index (χ3n) is 2.27. The summed E-state index contributed by atoms with van der Waals surface area (Å²) in [6.45, 7) is 4.21. The molecule has 2 N–H and O–H groups in total. The molecule has 3 heteroatoms. The number of hydrogen-bond donors (Lipinski definition) is 1. The maximum Gasteiger partial charge on any atom is 0.118 e. The Balaban J connectivity index is 2.81. The lowest BCUT2D eigenvalue weighted by Crippen LogP contribution is -2.22. The zero-order valence-electron chi connectivity index (χ0n) is 9.57. The van der Waals surface area contributed by atoms with Crippen molar-refractivity contribution < 1.29 is 4.74 Å². The molecule has 0 heterocycles. The molecule has 0 saturated carbocycles. The second kappa shape index (κ2) is 6.03. The highest BCUT2D eigenvalue weighted by Gasteiger charge is 2.15. The summed E-state index contributed by atoms with van der Waals surface area (Å²) in [7, 11) is 1.68. The van der Waals surface area contributed by atoms with Crippen molar-refractivity contribution in [3.8, 4) is 5.75 Å². The quantitative estimate of drug-likeness (QED) is 0.837. The predicted molar refractivity (Wildman–Crippen MR) is 67.5 cm³/mol. The van der Waals surface area contributed by atoms with Gasteiger partial charge in [-0.15, -0.1) is 0 Å². The van der Waals surface area contributed by atoms with Gasteiger partial charge >= 0.3 is 0 Å². The topological polar surface area (TPSA) is 35.2 Å². The molecule has 0 aliphatic heterocycles. The van der Waals surface area contributed by atoms with E-state index in [1.54, 1.807) is 7.11 Å². The van der Waals surface area contributed by atoms with Gasteiger partial charge in [-0.05, 0) is 30.4 Å². The molecule has 0 amide bonds. The maximum atomic E-state index is 5.97. The van der Waals surface area contributed by atoms with Crippen LogP contribution in [0.2, 0.25) is 0 Å².